The molecular formula is C18H18N4. The number of hydrogen-bond donors (Lipinski definition) is 4. The summed E-state index contributed by atoms with van der Waals surface area (Å²) in [6.45, 7) is 0. The van der Waals surface area contributed by atoms with Gasteiger partial charge in [0.25, 0.3) is 0 Å². The quantitative estimate of drug-likeness (QED) is 0.543. The molecule has 0 unspecified atom stereocenters. The van der Waals surface area contributed by atoms with Gasteiger partial charge in [-0.1, -0.05) is 36.4 Å². The van der Waals surface area contributed by atoms with Gasteiger partial charge in [-0.2, -0.15) is 0 Å². The first-order valence-corrected chi connectivity index (χ1v) is 6.96. The van der Waals surface area contributed by atoms with Crippen molar-refractivity contribution in [2.45, 2.75) is 0 Å². The van der Waals surface area contributed by atoms with Gasteiger partial charge in [-0.3, -0.25) is 0 Å². The van der Waals surface area contributed by atoms with Crippen LogP contribution in [0.4, 0.5) is 22.7 Å². The fourth-order valence-corrected chi connectivity index (χ4v) is 2.47. The molecule has 0 bridgehead atoms. The lowest BCUT2D eigenvalue weighted by atomic mass is 9.94. The molecule has 4 nitrogen and oxygen atoms in total. The standard InChI is InChI=1S/C18H18N4/c19-15-7-5-11(9-17(15)21)13-3-1-2-4-14(13)12-6-8-16(20)18(22)10-12/h1-10H,19-22H2. The Morgan fingerprint density at radius 3 is 1.23 bits per heavy atom. The third-order valence-corrected chi connectivity index (χ3v) is 3.72. The monoisotopic (exact) mass is 290 g/mol. The highest BCUT2D eigenvalue weighted by Crippen LogP contribution is 2.35. The molecule has 3 aromatic carbocycles. The number of anilines is 4. The molecule has 0 radical (unpaired) electrons. The molecule has 0 heterocycles. The maximum absolute atomic E-state index is 5.93. The van der Waals surface area contributed by atoms with E-state index in [4.69, 9.17) is 22.9 Å². The fourth-order valence-electron chi connectivity index (χ4n) is 2.47. The van der Waals surface area contributed by atoms with E-state index >= 15 is 0 Å². The first-order chi connectivity index (χ1) is 10.6. The van der Waals surface area contributed by atoms with Crippen LogP contribution in [-0.4, -0.2) is 0 Å². The van der Waals surface area contributed by atoms with Crippen LogP contribution in [0.15, 0.2) is 60.7 Å². The second kappa shape index (κ2) is 5.33. The molecule has 0 aromatic heterocycles. The maximum Gasteiger partial charge on any atom is 0.0554 e. The van der Waals surface area contributed by atoms with E-state index in [2.05, 4.69) is 0 Å². The highest BCUT2D eigenvalue weighted by Gasteiger charge is 2.09. The number of nitrogens with two attached hydrogens (primary N) is 4. The van der Waals surface area contributed by atoms with Crippen molar-refractivity contribution in [2.75, 3.05) is 22.9 Å². The minimum absolute atomic E-state index is 0.573. The van der Waals surface area contributed by atoms with Crippen molar-refractivity contribution in [1.29, 1.82) is 0 Å². The molecule has 4 heteroatoms. The van der Waals surface area contributed by atoms with E-state index in [1.165, 1.54) is 0 Å². The zero-order valence-electron chi connectivity index (χ0n) is 12.1. The smallest absolute Gasteiger partial charge is 0.0554 e. The largest absolute Gasteiger partial charge is 0.397 e. The van der Waals surface area contributed by atoms with Crippen LogP contribution in [0.25, 0.3) is 22.3 Å². The summed E-state index contributed by atoms with van der Waals surface area (Å²) in [6.07, 6.45) is 0. The number of nitrogen functional groups attached to an aromatic ring is 4. The van der Waals surface area contributed by atoms with E-state index < -0.39 is 0 Å². The summed E-state index contributed by atoms with van der Waals surface area (Å²) < 4.78 is 0. The first-order valence-electron chi connectivity index (χ1n) is 6.96. The third kappa shape index (κ3) is 2.42. The van der Waals surface area contributed by atoms with Gasteiger partial charge in [-0.05, 0) is 46.5 Å². The van der Waals surface area contributed by atoms with Crippen LogP contribution in [0.5, 0.6) is 0 Å². The predicted octanol–water partition coefficient (Wildman–Crippen LogP) is 3.35. The minimum atomic E-state index is 0.573. The van der Waals surface area contributed by atoms with Crippen LogP contribution >= 0.6 is 0 Å². The van der Waals surface area contributed by atoms with E-state index in [-0.39, 0.29) is 0 Å². The molecule has 8 N–H and O–H groups in total. The van der Waals surface area contributed by atoms with Crippen molar-refractivity contribution in [3.05, 3.63) is 60.7 Å². The van der Waals surface area contributed by atoms with E-state index in [9.17, 15) is 0 Å². The van der Waals surface area contributed by atoms with Gasteiger partial charge in [0.05, 0.1) is 22.7 Å². The number of hydrogen-bond acceptors (Lipinski definition) is 4. The predicted molar refractivity (Wildman–Crippen MR) is 95.0 cm³/mol. The van der Waals surface area contributed by atoms with Crippen molar-refractivity contribution in [3.63, 3.8) is 0 Å². The summed E-state index contributed by atoms with van der Waals surface area (Å²) in [5.74, 6) is 0. The highest BCUT2D eigenvalue weighted by atomic mass is 14.7. The Labute approximate surface area is 129 Å². The lowest BCUT2D eigenvalue weighted by Gasteiger charge is -2.12. The molecule has 0 spiro atoms. The van der Waals surface area contributed by atoms with Crippen LogP contribution in [-0.2, 0) is 0 Å². The Morgan fingerprint density at radius 2 is 0.864 bits per heavy atom. The van der Waals surface area contributed by atoms with Crippen LogP contribution < -0.4 is 22.9 Å². The van der Waals surface area contributed by atoms with Crippen molar-refractivity contribution in [2.24, 2.45) is 0 Å². The Bertz CT molecular complexity index is 770. The van der Waals surface area contributed by atoms with Gasteiger partial charge in [0.2, 0.25) is 0 Å². The summed E-state index contributed by atoms with van der Waals surface area (Å²) in [5, 5.41) is 0. The molecule has 0 saturated heterocycles. The average molecular weight is 290 g/mol. The van der Waals surface area contributed by atoms with Gasteiger partial charge in [-0.25, -0.2) is 0 Å². The molecule has 0 fully saturated rings. The van der Waals surface area contributed by atoms with Gasteiger partial charge >= 0.3 is 0 Å². The molecule has 0 atom stereocenters. The zero-order chi connectivity index (χ0) is 15.7. The molecule has 0 aliphatic heterocycles. The van der Waals surface area contributed by atoms with Crippen molar-refractivity contribution < 1.29 is 0 Å². The third-order valence-electron chi connectivity index (χ3n) is 3.72. The van der Waals surface area contributed by atoms with Crippen molar-refractivity contribution in [3.8, 4) is 22.3 Å². The summed E-state index contributed by atoms with van der Waals surface area (Å²) in [7, 11) is 0. The van der Waals surface area contributed by atoms with Gasteiger partial charge in [0.15, 0.2) is 0 Å². The summed E-state index contributed by atoms with van der Waals surface area (Å²) in [6, 6.07) is 19.4. The second-order valence-electron chi connectivity index (χ2n) is 5.23. The molecule has 110 valence electrons. The van der Waals surface area contributed by atoms with Crippen molar-refractivity contribution >= 4 is 22.7 Å². The molecular weight excluding hydrogens is 272 g/mol. The first kappa shape index (κ1) is 13.8. The Morgan fingerprint density at radius 1 is 0.455 bits per heavy atom. The zero-order valence-corrected chi connectivity index (χ0v) is 12.1. The van der Waals surface area contributed by atoms with E-state index in [0.717, 1.165) is 22.3 Å². The molecule has 3 aromatic rings. The lowest BCUT2D eigenvalue weighted by molar-refractivity contribution is 1.57. The van der Waals surface area contributed by atoms with Gasteiger partial charge in [0.1, 0.15) is 0 Å². The van der Waals surface area contributed by atoms with Crippen LogP contribution in [0.1, 0.15) is 0 Å². The minimum Gasteiger partial charge on any atom is -0.397 e. The summed E-state index contributed by atoms with van der Waals surface area (Å²) in [4.78, 5) is 0. The molecule has 0 aliphatic carbocycles. The molecule has 0 amide bonds. The second-order valence-corrected chi connectivity index (χ2v) is 5.23. The topological polar surface area (TPSA) is 104 Å². The molecule has 3 rings (SSSR count). The Balaban J connectivity index is 2.17. The maximum atomic E-state index is 5.93. The van der Waals surface area contributed by atoms with Gasteiger partial charge in [-0.15, -0.1) is 0 Å². The molecule has 0 aliphatic rings. The normalized spacial score (nSPS) is 10.5. The van der Waals surface area contributed by atoms with E-state index in [1.54, 1.807) is 0 Å². The number of benzene rings is 3. The van der Waals surface area contributed by atoms with Gasteiger partial charge < -0.3 is 22.9 Å². The van der Waals surface area contributed by atoms with Crippen LogP contribution in [0.3, 0.4) is 0 Å². The summed E-state index contributed by atoms with van der Waals surface area (Å²) >= 11 is 0. The number of rotatable bonds is 2. The lowest BCUT2D eigenvalue weighted by Crippen LogP contribution is -1.96. The van der Waals surface area contributed by atoms with E-state index in [0.29, 0.717) is 22.7 Å². The van der Waals surface area contributed by atoms with Crippen LogP contribution in [0.2, 0.25) is 0 Å². The molecule has 0 saturated carbocycles. The Kier molecular flexibility index (Phi) is 3.35. The SMILES string of the molecule is Nc1ccc(-c2ccccc2-c2ccc(N)c(N)c2)cc1N. The molecule has 22 heavy (non-hydrogen) atoms. The Hall–Kier alpha value is -3.14. The van der Waals surface area contributed by atoms with E-state index in [1.807, 2.05) is 60.7 Å². The fraction of sp³-hybridized carbons (Fsp3) is 0. The highest BCUT2D eigenvalue weighted by molar-refractivity contribution is 5.87. The van der Waals surface area contributed by atoms with Crippen molar-refractivity contribution in [1.82, 2.24) is 0 Å². The summed E-state index contributed by atoms with van der Waals surface area (Å²) in [5.41, 5.74) is 29.9. The van der Waals surface area contributed by atoms with Gasteiger partial charge in [0, 0.05) is 0 Å². The van der Waals surface area contributed by atoms with Crippen LogP contribution in [0, 0.1) is 0 Å². The average Bonchev–Trinajstić information content (AvgIpc) is 2.53.